The second-order valence-electron chi connectivity index (χ2n) is 4.70. The molecule has 100 valence electrons. The highest BCUT2D eigenvalue weighted by atomic mass is 32.2. The first-order valence-corrected chi connectivity index (χ1v) is 7.40. The number of methoxy groups -OCH3 is 1. The van der Waals surface area contributed by atoms with Crippen LogP contribution in [0.1, 0.15) is 25.5 Å². The van der Waals surface area contributed by atoms with Crippen molar-refractivity contribution in [1.82, 2.24) is 0 Å². The fourth-order valence-electron chi connectivity index (χ4n) is 2.44. The molecule has 1 aromatic carbocycles. The normalized spacial score (nSPS) is 21.8. The minimum atomic E-state index is -0.513. The van der Waals surface area contributed by atoms with E-state index in [1.54, 1.807) is 14.0 Å². The van der Waals surface area contributed by atoms with E-state index < -0.39 is 6.10 Å². The molecule has 1 aliphatic heterocycles. The summed E-state index contributed by atoms with van der Waals surface area (Å²) in [5.74, 6) is 1.91. The molecular weight excluding hydrogens is 246 g/mol. The molecule has 0 saturated carbocycles. The lowest BCUT2D eigenvalue weighted by Gasteiger charge is -2.34. The van der Waals surface area contributed by atoms with Gasteiger partial charge in [0.2, 0.25) is 0 Å². The molecule has 1 unspecified atom stereocenters. The van der Waals surface area contributed by atoms with Crippen LogP contribution >= 0.6 is 11.8 Å². The minimum absolute atomic E-state index is 0.513. The first-order chi connectivity index (χ1) is 8.63. The molecule has 1 aliphatic rings. The molecule has 0 aliphatic carbocycles. The Kier molecular flexibility index (Phi) is 4.40. The van der Waals surface area contributed by atoms with E-state index in [2.05, 4.69) is 17.9 Å². The van der Waals surface area contributed by atoms with Gasteiger partial charge in [0.25, 0.3) is 0 Å². The van der Waals surface area contributed by atoms with E-state index in [1.165, 1.54) is 0 Å². The van der Waals surface area contributed by atoms with Crippen molar-refractivity contribution in [3.8, 4) is 5.75 Å². The summed E-state index contributed by atoms with van der Waals surface area (Å²) in [6, 6.07) is 5.98. The van der Waals surface area contributed by atoms with Gasteiger partial charge in [0.15, 0.2) is 0 Å². The molecule has 3 nitrogen and oxygen atoms in total. The number of ether oxygens (including phenoxy) is 1. The molecule has 0 spiro atoms. The van der Waals surface area contributed by atoms with E-state index >= 15 is 0 Å². The molecule has 0 aromatic heterocycles. The van der Waals surface area contributed by atoms with Crippen molar-refractivity contribution in [2.45, 2.75) is 25.2 Å². The Morgan fingerprint density at radius 2 is 2.28 bits per heavy atom. The van der Waals surface area contributed by atoms with Crippen LogP contribution in [-0.2, 0) is 0 Å². The summed E-state index contributed by atoms with van der Waals surface area (Å²) in [5, 5.41) is 10.6. The largest absolute Gasteiger partial charge is 0.496 e. The predicted octanol–water partition coefficient (Wildman–Crippen LogP) is 2.69. The van der Waals surface area contributed by atoms with E-state index in [0.29, 0.717) is 5.25 Å². The second-order valence-corrected chi connectivity index (χ2v) is 6.24. The topological polar surface area (TPSA) is 32.7 Å². The molecule has 2 atom stereocenters. The Morgan fingerprint density at radius 1 is 1.50 bits per heavy atom. The standard InChI is InChI=1S/C14H21NO2S/c1-10-9-15(7-8-18-10)12-5-4-6-13(17-3)14(12)11(2)16/h4-6,10-11,16H,7-9H2,1-3H3/t10?,11-/m0/s1. The Bertz CT molecular complexity index is 409. The smallest absolute Gasteiger partial charge is 0.126 e. The first kappa shape index (κ1) is 13.6. The van der Waals surface area contributed by atoms with Gasteiger partial charge in [0.05, 0.1) is 13.2 Å². The molecule has 0 bridgehead atoms. The number of anilines is 1. The van der Waals surface area contributed by atoms with Crippen LogP contribution in [0.15, 0.2) is 18.2 Å². The molecular formula is C14H21NO2S. The van der Waals surface area contributed by atoms with Crippen molar-refractivity contribution in [2.75, 3.05) is 30.9 Å². The third-order valence-electron chi connectivity index (χ3n) is 3.26. The van der Waals surface area contributed by atoms with Gasteiger partial charge in [-0.1, -0.05) is 13.0 Å². The summed E-state index contributed by atoms with van der Waals surface area (Å²) in [5.41, 5.74) is 2.01. The number of thioether (sulfide) groups is 1. The van der Waals surface area contributed by atoms with Gasteiger partial charge in [-0.25, -0.2) is 0 Å². The summed E-state index contributed by atoms with van der Waals surface area (Å²) in [7, 11) is 1.65. The van der Waals surface area contributed by atoms with E-state index in [-0.39, 0.29) is 0 Å². The zero-order valence-electron chi connectivity index (χ0n) is 11.2. The zero-order chi connectivity index (χ0) is 13.1. The second kappa shape index (κ2) is 5.85. The van der Waals surface area contributed by atoms with E-state index in [1.807, 2.05) is 23.9 Å². The fraction of sp³-hybridized carbons (Fsp3) is 0.571. The maximum absolute atomic E-state index is 10.0. The highest BCUT2D eigenvalue weighted by molar-refractivity contribution is 8.00. The van der Waals surface area contributed by atoms with Gasteiger partial charge in [0.1, 0.15) is 5.75 Å². The third kappa shape index (κ3) is 2.75. The van der Waals surface area contributed by atoms with Gasteiger partial charge in [-0.05, 0) is 19.1 Å². The van der Waals surface area contributed by atoms with Crippen molar-refractivity contribution in [1.29, 1.82) is 0 Å². The fourth-order valence-corrected chi connectivity index (χ4v) is 3.46. The first-order valence-electron chi connectivity index (χ1n) is 6.35. The molecule has 2 rings (SSSR count). The molecule has 0 amide bonds. The Morgan fingerprint density at radius 3 is 2.89 bits per heavy atom. The third-order valence-corrected chi connectivity index (χ3v) is 4.40. The Balaban J connectivity index is 2.36. The zero-order valence-corrected chi connectivity index (χ0v) is 12.0. The maximum atomic E-state index is 10.0. The van der Waals surface area contributed by atoms with Crippen molar-refractivity contribution in [3.63, 3.8) is 0 Å². The van der Waals surface area contributed by atoms with E-state index in [4.69, 9.17) is 4.74 Å². The summed E-state index contributed by atoms with van der Waals surface area (Å²) < 4.78 is 5.37. The van der Waals surface area contributed by atoms with Crippen LogP contribution < -0.4 is 9.64 Å². The van der Waals surface area contributed by atoms with Crippen molar-refractivity contribution in [3.05, 3.63) is 23.8 Å². The summed E-state index contributed by atoms with van der Waals surface area (Å²) >= 11 is 2.01. The van der Waals surface area contributed by atoms with Crippen LogP contribution in [-0.4, -0.2) is 36.3 Å². The number of hydrogen-bond donors (Lipinski definition) is 1. The summed E-state index contributed by atoms with van der Waals surface area (Å²) in [6.07, 6.45) is -0.513. The number of nitrogens with zero attached hydrogens (tertiary/aromatic N) is 1. The quantitative estimate of drug-likeness (QED) is 0.912. The average molecular weight is 267 g/mol. The summed E-state index contributed by atoms with van der Waals surface area (Å²) in [6.45, 7) is 6.10. The highest BCUT2D eigenvalue weighted by Crippen LogP contribution is 2.36. The minimum Gasteiger partial charge on any atom is -0.496 e. The van der Waals surface area contributed by atoms with E-state index in [9.17, 15) is 5.11 Å². The van der Waals surface area contributed by atoms with Gasteiger partial charge >= 0.3 is 0 Å². The van der Waals surface area contributed by atoms with Gasteiger partial charge < -0.3 is 14.7 Å². The maximum Gasteiger partial charge on any atom is 0.126 e. The van der Waals surface area contributed by atoms with Crippen LogP contribution in [0.5, 0.6) is 5.75 Å². The number of aliphatic hydroxyl groups is 1. The van der Waals surface area contributed by atoms with Crippen molar-refractivity contribution in [2.24, 2.45) is 0 Å². The SMILES string of the molecule is COc1cccc(N2CCSC(C)C2)c1[C@H](C)O. The molecule has 4 heteroatoms. The lowest BCUT2D eigenvalue weighted by Crippen LogP contribution is -2.37. The van der Waals surface area contributed by atoms with Gasteiger partial charge in [-0.3, -0.25) is 0 Å². The van der Waals surface area contributed by atoms with Crippen LogP contribution in [0.3, 0.4) is 0 Å². The molecule has 1 saturated heterocycles. The Hall–Kier alpha value is -0.870. The predicted molar refractivity (Wildman–Crippen MR) is 77.8 cm³/mol. The molecule has 1 aromatic rings. The van der Waals surface area contributed by atoms with Crippen LogP contribution in [0, 0.1) is 0 Å². The van der Waals surface area contributed by atoms with Gasteiger partial charge in [0, 0.05) is 35.3 Å². The number of rotatable bonds is 3. The molecule has 1 fully saturated rings. The van der Waals surface area contributed by atoms with Gasteiger partial charge in [-0.15, -0.1) is 0 Å². The monoisotopic (exact) mass is 267 g/mol. The van der Waals surface area contributed by atoms with Crippen LogP contribution in [0.4, 0.5) is 5.69 Å². The van der Waals surface area contributed by atoms with Crippen LogP contribution in [0.2, 0.25) is 0 Å². The Labute approximate surface area is 113 Å². The van der Waals surface area contributed by atoms with Crippen LogP contribution in [0.25, 0.3) is 0 Å². The lowest BCUT2D eigenvalue weighted by molar-refractivity contribution is 0.194. The van der Waals surface area contributed by atoms with E-state index in [0.717, 1.165) is 35.8 Å². The molecule has 0 radical (unpaired) electrons. The molecule has 1 N–H and O–H groups in total. The van der Waals surface area contributed by atoms with Crippen molar-refractivity contribution < 1.29 is 9.84 Å². The molecule has 1 heterocycles. The number of aliphatic hydroxyl groups excluding tert-OH is 1. The average Bonchev–Trinajstić information content (AvgIpc) is 2.37. The number of hydrogen-bond acceptors (Lipinski definition) is 4. The van der Waals surface area contributed by atoms with Crippen molar-refractivity contribution >= 4 is 17.4 Å². The molecule has 18 heavy (non-hydrogen) atoms. The lowest BCUT2D eigenvalue weighted by atomic mass is 10.1. The highest BCUT2D eigenvalue weighted by Gasteiger charge is 2.22. The summed E-state index contributed by atoms with van der Waals surface area (Å²) in [4.78, 5) is 2.35. The number of benzene rings is 1. The van der Waals surface area contributed by atoms with Gasteiger partial charge in [-0.2, -0.15) is 11.8 Å².